The smallest absolute Gasteiger partial charge is 0.184 e. The first-order valence-corrected chi connectivity index (χ1v) is 6.95. The Balaban J connectivity index is 2.30. The molecule has 3 rings (SSSR count). The van der Waals surface area contributed by atoms with Gasteiger partial charge in [-0.15, -0.1) is 0 Å². The summed E-state index contributed by atoms with van der Waals surface area (Å²) in [6.45, 7) is 4.09. The highest BCUT2D eigenvalue weighted by molar-refractivity contribution is 5.77. The van der Waals surface area contributed by atoms with Gasteiger partial charge in [0.1, 0.15) is 11.3 Å². The summed E-state index contributed by atoms with van der Waals surface area (Å²) in [4.78, 5) is 4.52. The van der Waals surface area contributed by atoms with Gasteiger partial charge in [0.25, 0.3) is 0 Å². The predicted molar refractivity (Wildman–Crippen MR) is 71.2 cm³/mol. The third kappa shape index (κ3) is 1.94. The molecule has 2 aromatic rings. The molecule has 1 saturated carbocycles. The fraction of sp³-hybridized carbons (Fsp3) is 0.533. The number of benzene rings is 1. The average molecular weight is 264 g/mol. The van der Waals surface area contributed by atoms with Crippen LogP contribution in [0.5, 0.6) is 0 Å². The minimum Gasteiger partial charge on any atom is -0.322 e. The van der Waals surface area contributed by atoms with Gasteiger partial charge in [0.15, 0.2) is 11.6 Å². The van der Waals surface area contributed by atoms with Crippen molar-refractivity contribution >= 4 is 11.0 Å². The molecule has 19 heavy (non-hydrogen) atoms. The van der Waals surface area contributed by atoms with E-state index in [2.05, 4.69) is 4.98 Å². The third-order valence-corrected chi connectivity index (χ3v) is 3.98. The second-order valence-corrected chi connectivity index (χ2v) is 5.66. The van der Waals surface area contributed by atoms with Gasteiger partial charge in [-0.3, -0.25) is 0 Å². The second kappa shape index (κ2) is 4.58. The molecule has 1 aromatic heterocycles. The molecule has 4 heteroatoms. The van der Waals surface area contributed by atoms with Crippen LogP contribution in [0.3, 0.4) is 0 Å². The summed E-state index contributed by atoms with van der Waals surface area (Å²) in [5, 5.41) is 0. The Morgan fingerprint density at radius 2 is 1.89 bits per heavy atom. The van der Waals surface area contributed by atoms with Crippen LogP contribution in [0.4, 0.5) is 8.78 Å². The number of hydrogen-bond donors (Lipinski definition) is 0. The molecule has 0 aliphatic heterocycles. The van der Waals surface area contributed by atoms with Crippen LogP contribution in [-0.4, -0.2) is 9.55 Å². The van der Waals surface area contributed by atoms with Crippen LogP contribution in [-0.2, 0) is 0 Å². The molecular formula is C15H18F2N2. The molecule has 0 spiro atoms. The Morgan fingerprint density at radius 1 is 1.21 bits per heavy atom. The van der Waals surface area contributed by atoms with E-state index in [-0.39, 0.29) is 12.0 Å². The van der Waals surface area contributed by atoms with Crippen molar-refractivity contribution in [2.75, 3.05) is 0 Å². The number of fused-ring (bicyclic) bond motifs is 1. The molecule has 1 aliphatic carbocycles. The lowest BCUT2D eigenvalue weighted by Gasteiger charge is -2.18. The van der Waals surface area contributed by atoms with E-state index >= 15 is 0 Å². The van der Waals surface area contributed by atoms with Crippen molar-refractivity contribution in [1.82, 2.24) is 9.55 Å². The van der Waals surface area contributed by atoms with E-state index in [1.165, 1.54) is 0 Å². The molecule has 0 N–H and O–H groups in total. The summed E-state index contributed by atoms with van der Waals surface area (Å²) >= 11 is 0. The summed E-state index contributed by atoms with van der Waals surface area (Å²) in [7, 11) is 0. The van der Waals surface area contributed by atoms with Crippen LogP contribution in [0, 0.1) is 11.6 Å². The Labute approximate surface area is 111 Å². The van der Waals surface area contributed by atoms with Gasteiger partial charge in [0.05, 0.1) is 5.52 Å². The molecule has 102 valence electrons. The highest BCUT2D eigenvalue weighted by Gasteiger charge is 2.26. The summed E-state index contributed by atoms with van der Waals surface area (Å²) in [5.41, 5.74) is 0.908. The molecule has 0 amide bonds. The lowest BCUT2D eigenvalue weighted by Crippen LogP contribution is -2.11. The number of hydrogen-bond acceptors (Lipinski definition) is 1. The van der Waals surface area contributed by atoms with Crippen molar-refractivity contribution in [2.24, 2.45) is 0 Å². The first kappa shape index (κ1) is 12.6. The minimum absolute atomic E-state index is 0.204. The maximum atomic E-state index is 14.2. The lowest BCUT2D eigenvalue weighted by molar-refractivity contribution is 0.477. The molecule has 0 saturated heterocycles. The number of nitrogens with zero attached hydrogens (tertiary/aromatic N) is 2. The summed E-state index contributed by atoms with van der Waals surface area (Å²) in [6, 6.07) is 3.00. The molecule has 2 nitrogen and oxygen atoms in total. The molecule has 0 radical (unpaired) electrons. The van der Waals surface area contributed by atoms with Crippen molar-refractivity contribution in [3.05, 3.63) is 29.6 Å². The number of rotatable bonds is 2. The van der Waals surface area contributed by atoms with E-state index in [9.17, 15) is 8.78 Å². The minimum atomic E-state index is -0.790. The van der Waals surface area contributed by atoms with Crippen LogP contribution >= 0.6 is 0 Å². The van der Waals surface area contributed by atoms with Crippen molar-refractivity contribution < 1.29 is 8.78 Å². The van der Waals surface area contributed by atoms with E-state index in [0.717, 1.165) is 37.6 Å². The zero-order chi connectivity index (χ0) is 13.6. The van der Waals surface area contributed by atoms with Gasteiger partial charge < -0.3 is 4.57 Å². The van der Waals surface area contributed by atoms with Crippen molar-refractivity contribution in [3.8, 4) is 0 Å². The van der Waals surface area contributed by atoms with Crippen molar-refractivity contribution in [2.45, 2.75) is 51.5 Å². The van der Waals surface area contributed by atoms with E-state index in [1.54, 1.807) is 6.07 Å². The van der Waals surface area contributed by atoms with E-state index in [0.29, 0.717) is 11.0 Å². The van der Waals surface area contributed by atoms with Gasteiger partial charge in [0.2, 0.25) is 0 Å². The van der Waals surface area contributed by atoms with Crippen LogP contribution in [0.15, 0.2) is 12.1 Å². The Kier molecular flexibility index (Phi) is 3.03. The normalized spacial score (nSPS) is 16.9. The highest BCUT2D eigenvalue weighted by Crippen LogP contribution is 2.36. The Morgan fingerprint density at radius 3 is 2.53 bits per heavy atom. The SMILES string of the molecule is CC(C)c1nc2ccc(F)c(F)c2n1C1CCCC1. The van der Waals surface area contributed by atoms with Gasteiger partial charge in [-0.25, -0.2) is 13.8 Å². The molecule has 1 heterocycles. The summed E-state index contributed by atoms with van der Waals surface area (Å²) in [6.07, 6.45) is 4.36. The maximum absolute atomic E-state index is 14.2. The van der Waals surface area contributed by atoms with Gasteiger partial charge in [-0.05, 0) is 25.0 Å². The fourth-order valence-electron chi connectivity index (χ4n) is 3.08. The molecule has 0 bridgehead atoms. The topological polar surface area (TPSA) is 17.8 Å². The van der Waals surface area contributed by atoms with E-state index in [1.807, 2.05) is 18.4 Å². The molecule has 1 fully saturated rings. The van der Waals surface area contributed by atoms with Crippen LogP contribution in [0.1, 0.15) is 57.3 Å². The molecule has 0 unspecified atom stereocenters. The van der Waals surface area contributed by atoms with Gasteiger partial charge in [-0.2, -0.15) is 0 Å². The Bertz CT molecular complexity index is 610. The van der Waals surface area contributed by atoms with Gasteiger partial charge >= 0.3 is 0 Å². The predicted octanol–water partition coefficient (Wildman–Crippen LogP) is 4.55. The summed E-state index contributed by atoms with van der Waals surface area (Å²) in [5.74, 6) is -0.479. The highest BCUT2D eigenvalue weighted by atomic mass is 19.2. The lowest BCUT2D eigenvalue weighted by atomic mass is 10.1. The first-order chi connectivity index (χ1) is 9.09. The molecule has 1 aromatic carbocycles. The summed E-state index contributed by atoms with van der Waals surface area (Å²) < 4.78 is 29.6. The van der Waals surface area contributed by atoms with Crippen molar-refractivity contribution in [1.29, 1.82) is 0 Å². The number of aromatic nitrogens is 2. The standard InChI is InChI=1S/C15H18F2N2/c1-9(2)15-18-12-8-7-11(16)13(17)14(12)19(15)10-5-3-4-6-10/h7-10H,3-6H2,1-2H3. The first-order valence-electron chi connectivity index (χ1n) is 6.95. The average Bonchev–Trinajstić information content (AvgIpc) is 3.00. The van der Waals surface area contributed by atoms with Crippen molar-refractivity contribution in [3.63, 3.8) is 0 Å². The molecular weight excluding hydrogens is 246 g/mol. The number of imidazole rings is 1. The van der Waals surface area contributed by atoms with E-state index < -0.39 is 11.6 Å². The quantitative estimate of drug-likeness (QED) is 0.778. The van der Waals surface area contributed by atoms with Crippen LogP contribution in [0.2, 0.25) is 0 Å². The molecule has 0 atom stereocenters. The zero-order valence-electron chi connectivity index (χ0n) is 11.3. The van der Waals surface area contributed by atoms with E-state index in [4.69, 9.17) is 0 Å². The second-order valence-electron chi connectivity index (χ2n) is 5.66. The Hall–Kier alpha value is -1.45. The van der Waals surface area contributed by atoms with Gasteiger partial charge in [-0.1, -0.05) is 26.7 Å². The third-order valence-electron chi connectivity index (χ3n) is 3.98. The van der Waals surface area contributed by atoms with Crippen LogP contribution < -0.4 is 0 Å². The fourth-order valence-corrected chi connectivity index (χ4v) is 3.08. The number of halogens is 2. The monoisotopic (exact) mass is 264 g/mol. The molecule has 1 aliphatic rings. The largest absolute Gasteiger partial charge is 0.322 e. The van der Waals surface area contributed by atoms with Gasteiger partial charge in [0, 0.05) is 12.0 Å². The zero-order valence-corrected chi connectivity index (χ0v) is 11.3. The van der Waals surface area contributed by atoms with Crippen LogP contribution in [0.25, 0.3) is 11.0 Å². The maximum Gasteiger partial charge on any atom is 0.184 e.